The third-order valence-corrected chi connectivity index (χ3v) is 7.10. The van der Waals surface area contributed by atoms with Crippen molar-refractivity contribution < 1.29 is 13.2 Å². The molecule has 0 aromatic heterocycles. The van der Waals surface area contributed by atoms with Crippen LogP contribution in [0.4, 0.5) is 0 Å². The van der Waals surface area contributed by atoms with Crippen LogP contribution in [-0.2, 0) is 14.8 Å². The molecule has 0 saturated carbocycles. The van der Waals surface area contributed by atoms with E-state index in [2.05, 4.69) is 23.9 Å². The number of sulfonamides is 1. The molecule has 0 atom stereocenters. The van der Waals surface area contributed by atoms with Gasteiger partial charge in [0.25, 0.3) is 0 Å². The Labute approximate surface area is 141 Å². The average Bonchev–Trinajstić information content (AvgIpc) is 2.68. The minimum Gasteiger partial charge on any atom is -0.379 e. The molecule has 2 heterocycles. The van der Waals surface area contributed by atoms with Gasteiger partial charge in [0, 0.05) is 44.7 Å². The molecule has 23 heavy (non-hydrogen) atoms. The van der Waals surface area contributed by atoms with Crippen molar-refractivity contribution in [2.75, 3.05) is 72.3 Å². The second-order valence-electron chi connectivity index (χ2n) is 7.35. The first kappa shape index (κ1) is 19.1. The highest BCUT2D eigenvalue weighted by atomic mass is 32.2. The fraction of sp³-hybridized carbons (Fsp3) is 1.00. The smallest absolute Gasteiger partial charge is 0.214 e. The monoisotopic (exact) mass is 347 g/mol. The molecule has 2 rings (SSSR count). The maximum atomic E-state index is 12.2. The summed E-state index contributed by atoms with van der Waals surface area (Å²) in [4.78, 5) is 4.70. The minimum atomic E-state index is -3.06. The van der Waals surface area contributed by atoms with Crippen LogP contribution in [0.3, 0.4) is 0 Å². The number of hydrogen-bond acceptors (Lipinski definition) is 5. The van der Waals surface area contributed by atoms with Gasteiger partial charge in [-0.15, -0.1) is 0 Å². The van der Waals surface area contributed by atoms with Crippen molar-refractivity contribution in [2.45, 2.75) is 26.2 Å². The lowest BCUT2D eigenvalue weighted by atomic mass is 9.79. The second-order valence-corrected chi connectivity index (χ2v) is 9.44. The Morgan fingerprint density at radius 1 is 1.17 bits per heavy atom. The molecule has 0 bridgehead atoms. The molecule has 0 radical (unpaired) electrons. The Hall–Kier alpha value is -0.210. The summed E-state index contributed by atoms with van der Waals surface area (Å²) >= 11 is 0. The highest BCUT2D eigenvalue weighted by Crippen LogP contribution is 2.35. The molecule has 0 amide bonds. The van der Waals surface area contributed by atoms with E-state index in [4.69, 9.17) is 4.74 Å². The molecule has 6 nitrogen and oxygen atoms in total. The quantitative estimate of drug-likeness (QED) is 0.708. The molecule has 0 aromatic carbocycles. The lowest BCUT2D eigenvalue weighted by molar-refractivity contribution is 0.0309. The van der Waals surface area contributed by atoms with Gasteiger partial charge in [-0.2, -0.15) is 0 Å². The van der Waals surface area contributed by atoms with Crippen molar-refractivity contribution >= 4 is 10.0 Å². The standard InChI is InChI=1S/C16H33N3O3S/c1-4-13-23(20,21)19-7-5-16(6-8-19)14-18(10-9-17(2)3)11-12-22-15-16/h4-15H2,1-3H3. The van der Waals surface area contributed by atoms with Crippen molar-refractivity contribution in [3.63, 3.8) is 0 Å². The molecule has 2 fully saturated rings. The van der Waals surface area contributed by atoms with Gasteiger partial charge in [0.1, 0.15) is 0 Å². The van der Waals surface area contributed by atoms with Crippen molar-refractivity contribution in [1.29, 1.82) is 0 Å². The molecule has 2 saturated heterocycles. The summed E-state index contributed by atoms with van der Waals surface area (Å²) in [6.45, 7) is 8.88. The highest BCUT2D eigenvalue weighted by molar-refractivity contribution is 7.89. The second kappa shape index (κ2) is 8.25. The summed E-state index contributed by atoms with van der Waals surface area (Å²) in [6.07, 6.45) is 2.51. The zero-order valence-corrected chi connectivity index (χ0v) is 15.8. The van der Waals surface area contributed by atoms with Crippen LogP contribution in [0.15, 0.2) is 0 Å². The summed E-state index contributed by atoms with van der Waals surface area (Å²) in [5.74, 6) is 0.269. The van der Waals surface area contributed by atoms with Gasteiger partial charge in [0.15, 0.2) is 0 Å². The summed E-state index contributed by atoms with van der Waals surface area (Å²) < 4.78 is 32.1. The molecule has 2 aliphatic rings. The van der Waals surface area contributed by atoms with E-state index in [1.165, 1.54) is 0 Å². The predicted octanol–water partition coefficient (Wildman–Crippen LogP) is 0.702. The largest absolute Gasteiger partial charge is 0.379 e. The summed E-state index contributed by atoms with van der Waals surface area (Å²) in [5, 5.41) is 0. The van der Waals surface area contributed by atoms with Gasteiger partial charge in [-0.05, 0) is 33.4 Å². The molecule has 0 N–H and O–H groups in total. The predicted molar refractivity (Wildman–Crippen MR) is 93.1 cm³/mol. The average molecular weight is 348 g/mol. The Morgan fingerprint density at radius 2 is 1.87 bits per heavy atom. The van der Waals surface area contributed by atoms with Gasteiger partial charge in [-0.3, -0.25) is 4.90 Å². The first-order valence-electron chi connectivity index (χ1n) is 8.80. The topological polar surface area (TPSA) is 53.1 Å². The number of piperidine rings is 1. The van der Waals surface area contributed by atoms with Crippen LogP contribution in [0.2, 0.25) is 0 Å². The van der Waals surface area contributed by atoms with E-state index in [0.717, 1.165) is 52.2 Å². The molecule has 0 aromatic rings. The van der Waals surface area contributed by atoms with E-state index in [-0.39, 0.29) is 11.2 Å². The van der Waals surface area contributed by atoms with E-state index in [0.29, 0.717) is 19.5 Å². The van der Waals surface area contributed by atoms with Crippen molar-refractivity contribution in [3.8, 4) is 0 Å². The molecular formula is C16H33N3O3S. The van der Waals surface area contributed by atoms with E-state index in [1.807, 2.05) is 6.92 Å². The van der Waals surface area contributed by atoms with Gasteiger partial charge >= 0.3 is 0 Å². The number of likely N-dealkylation sites (N-methyl/N-ethyl adjacent to an activating group) is 1. The molecule has 7 heteroatoms. The number of rotatable bonds is 6. The van der Waals surface area contributed by atoms with Gasteiger partial charge in [0.2, 0.25) is 10.0 Å². The van der Waals surface area contributed by atoms with Crippen LogP contribution in [0.1, 0.15) is 26.2 Å². The van der Waals surface area contributed by atoms with E-state index >= 15 is 0 Å². The van der Waals surface area contributed by atoms with Crippen LogP contribution in [0.5, 0.6) is 0 Å². The normalized spacial score (nSPS) is 24.2. The molecular weight excluding hydrogens is 314 g/mol. The Balaban J connectivity index is 1.94. The Kier molecular flexibility index (Phi) is 6.86. The molecule has 136 valence electrons. The van der Waals surface area contributed by atoms with Crippen LogP contribution < -0.4 is 0 Å². The lowest BCUT2D eigenvalue weighted by Crippen LogP contribution is -2.49. The van der Waals surface area contributed by atoms with Crippen LogP contribution >= 0.6 is 0 Å². The van der Waals surface area contributed by atoms with Gasteiger partial charge in [-0.25, -0.2) is 12.7 Å². The highest BCUT2D eigenvalue weighted by Gasteiger charge is 2.40. The molecule has 0 unspecified atom stereocenters. The van der Waals surface area contributed by atoms with Crippen LogP contribution in [-0.4, -0.2) is 94.9 Å². The van der Waals surface area contributed by atoms with E-state index in [9.17, 15) is 8.42 Å². The van der Waals surface area contributed by atoms with Crippen LogP contribution in [0, 0.1) is 5.41 Å². The number of ether oxygens (including phenoxy) is 1. The SMILES string of the molecule is CCCS(=O)(=O)N1CCC2(CC1)COCCN(CCN(C)C)C2. The van der Waals surface area contributed by atoms with Crippen molar-refractivity contribution in [3.05, 3.63) is 0 Å². The first-order chi connectivity index (χ1) is 10.9. The summed E-state index contributed by atoms with van der Waals surface area (Å²) in [6, 6.07) is 0. The summed E-state index contributed by atoms with van der Waals surface area (Å²) in [7, 11) is 1.14. The molecule has 2 aliphatic heterocycles. The third kappa shape index (κ3) is 5.39. The fourth-order valence-electron chi connectivity index (χ4n) is 3.54. The number of nitrogens with zero attached hydrogens (tertiary/aromatic N) is 3. The van der Waals surface area contributed by atoms with E-state index < -0.39 is 10.0 Å². The van der Waals surface area contributed by atoms with Crippen molar-refractivity contribution in [1.82, 2.24) is 14.1 Å². The first-order valence-corrected chi connectivity index (χ1v) is 10.4. The zero-order chi connectivity index (χ0) is 16.9. The fourth-order valence-corrected chi connectivity index (χ4v) is 5.05. The minimum absolute atomic E-state index is 0.126. The zero-order valence-electron chi connectivity index (χ0n) is 15.0. The van der Waals surface area contributed by atoms with E-state index in [1.54, 1.807) is 4.31 Å². The maximum absolute atomic E-state index is 12.2. The lowest BCUT2D eigenvalue weighted by Gasteiger charge is -2.42. The third-order valence-electron chi connectivity index (χ3n) is 5.02. The Morgan fingerprint density at radius 3 is 2.48 bits per heavy atom. The van der Waals surface area contributed by atoms with Gasteiger partial charge in [0.05, 0.1) is 19.0 Å². The van der Waals surface area contributed by atoms with Gasteiger partial charge < -0.3 is 9.64 Å². The molecule has 0 aliphatic carbocycles. The molecule has 1 spiro atoms. The summed E-state index contributed by atoms with van der Waals surface area (Å²) in [5.41, 5.74) is 0.126. The van der Waals surface area contributed by atoms with Crippen molar-refractivity contribution in [2.24, 2.45) is 5.41 Å². The Bertz CT molecular complexity index is 459. The maximum Gasteiger partial charge on any atom is 0.214 e. The van der Waals surface area contributed by atoms with Gasteiger partial charge in [-0.1, -0.05) is 6.92 Å². The van der Waals surface area contributed by atoms with Crippen LogP contribution in [0.25, 0.3) is 0 Å². The number of hydrogen-bond donors (Lipinski definition) is 0.